The molecule has 0 atom stereocenters. The lowest BCUT2D eigenvalue weighted by Gasteiger charge is -2.06. The van der Waals surface area contributed by atoms with E-state index in [2.05, 4.69) is 5.32 Å². The molecular weight excluding hydrogens is 236 g/mol. The fourth-order valence-electron chi connectivity index (χ4n) is 1.25. The highest BCUT2D eigenvalue weighted by atomic mass is 35.5. The Morgan fingerprint density at radius 1 is 1.56 bits per heavy atom. The monoisotopic (exact) mass is 244 g/mol. The molecule has 0 unspecified atom stereocenters. The van der Waals surface area contributed by atoms with Crippen molar-refractivity contribution in [3.05, 3.63) is 32.8 Å². The van der Waals surface area contributed by atoms with Crippen LogP contribution in [0.2, 0.25) is 5.02 Å². The molecule has 0 fully saturated rings. The average Bonchev–Trinajstić information content (AvgIpc) is 2.22. The first-order valence-electron chi connectivity index (χ1n) is 4.38. The smallest absolute Gasteiger partial charge is 0.293 e. The SMILES string of the molecule is O=CNc1cc(Cl)c(CCO)cc1[N+](=O)[O-]. The molecule has 0 radical (unpaired) electrons. The van der Waals surface area contributed by atoms with Crippen molar-refractivity contribution in [1.29, 1.82) is 0 Å². The first-order valence-corrected chi connectivity index (χ1v) is 4.75. The van der Waals surface area contributed by atoms with Gasteiger partial charge < -0.3 is 10.4 Å². The lowest BCUT2D eigenvalue weighted by atomic mass is 10.1. The maximum absolute atomic E-state index is 10.7. The molecule has 0 saturated carbocycles. The van der Waals surface area contributed by atoms with Gasteiger partial charge in [0.2, 0.25) is 6.41 Å². The van der Waals surface area contributed by atoms with E-state index in [1.807, 2.05) is 0 Å². The molecule has 0 aliphatic rings. The number of amides is 1. The zero-order chi connectivity index (χ0) is 12.1. The molecule has 86 valence electrons. The third-order valence-corrected chi connectivity index (χ3v) is 2.31. The molecule has 0 saturated heterocycles. The van der Waals surface area contributed by atoms with Crippen molar-refractivity contribution in [2.75, 3.05) is 11.9 Å². The Hall–Kier alpha value is -1.66. The predicted octanol–water partition coefficient (Wildman–Crippen LogP) is 1.35. The molecule has 1 amide bonds. The molecule has 0 aliphatic heterocycles. The minimum Gasteiger partial charge on any atom is -0.396 e. The van der Waals surface area contributed by atoms with E-state index < -0.39 is 4.92 Å². The third-order valence-electron chi connectivity index (χ3n) is 1.96. The second-order valence-corrected chi connectivity index (χ2v) is 3.36. The van der Waals surface area contributed by atoms with Crippen LogP contribution in [0, 0.1) is 10.1 Å². The molecule has 1 rings (SSSR count). The van der Waals surface area contributed by atoms with Gasteiger partial charge in [0, 0.05) is 17.7 Å². The number of hydrogen-bond acceptors (Lipinski definition) is 4. The zero-order valence-corrected chi connectivity index (χ0v) is 8.90. The summed E-state index contributed by atoms with van der Waals surface area (Å²) in [5.41, 5.74) is 0.249. The molecule has 2 N–H and O–H groups in total. The fraction of sp³-hybridized carbons (Fsp3) is 0.222. The largest absolute Gasteiger partial charge is 0.396 e. The number of halogens is 1. The number of rotatable bonds is 5. The number of nitro groups is 1. The normalized spacial score (nSPS) is 9.88. The highest BCUT2D eigenvalue weighted by molar-refractivity contribution is 6.31. The number of hydrogen-bond donors (Lipinski definition) is 2. The van der Waals surface area contributed by atoms with Crippen molar-refractivity contribution in [2.45, 2.75) is 6.42 Å². The summed E-state index contributed by atoms with van der Waals surface area (Å²) in [7, 11) is 0. The molecule has 1 aromatic rings. The van der Waals surface area contributed by atoms with E-state index in [4.69, 9.17) is 16.7 Å². The molecule has 1 aromatic carbocycles. The highest BCUT2D eigenvalue weighted by Crippen LogP contribution is 2.31. The second kappa shape index (κ2) is 5.43. The number of aliphatic hydroxyl groups is 1. The molecule has 0 aliphatic carbocycles. The van der Waals surface area contributed by atoms with E-state index in [9.17, 15) is 14.9 Å². The standard InChI is InChI=1S/C9H9ClN2O4/c10-7-4-8(11-5-14)9(12(15)16)3-6(7)1-2-13/h3-5,13H,1-2H2,(H,11,14). The van der Waals surface area contributed by atoms with Crippen molar-refractivity contribution >= 4 is 29.4 Å². The molecule has 0 spiro atoms. The summed E-state index contributed by atoms with van der Waals surface area (Å²) < 4.78 is 0. The van der Waals surface area contributed by atoms with Crippen LogP contribution in [-0.4, -0.2) is 23.0 Å². The molecule has 0 bridgehead atoms. The van der Waals surface area contributed by atoms with Crippen LogP contribution in [0.3, 0.4) is 0 Å². The Morgan fingerprint density at radius 2 is 2.25 bits per heavy atom. The van der Waals surface area contributed by atoms with Crippen LogP contribution < -0.4 is 5.32 Å². The van der Waals surface area contributed by atoms with E-state index in [1.54, 1.807) is 0 Å². The topological polar surface area (TPSA) is 92.5 Å². The molecule has 0 aromatic heterocycles. The van der Waals surface area contributed by atoms with Gasteiger partial charge in [0.1, 0.15) is 5.69 Å². The summed E-state index contributed by atoms with van der Waals surface area (Å²) in [6, 6.07) is 2.53. The summed E-state index contributed by atoms with van der Waals surface area (Å²) in [5, 5.41) is 21.9. The first-order chi connectivity index (χ1) is 7.60. The summed E-state index contributed by atoms with van der Waals surface area (Å²) in [5.74, 6) is 0. The molecular formula is C9H9ClN2O4. The van der Waals surface area contributed by atoms with E-state index >= 15 is 0 Å². The number of nitrogens with one attached hydrogen (secondary N) is 1. The lowest BCUT2D eigenvalue weighted by molar-refractivity contribution is -0.384. The number of carbonyl (C=O) groups is 1. The van der Waals surface area contributed by atoms with Gasteiger partial charge in [0.15, 0.2) is 0 Å². The third kappa shape index (κ3) is 2.68. The van der Waals surface area contributed by atoms with Crippen LogP contribution in [0.25, 0.3) is 0 Å². The maximum Gasteiger partial charge on any atom is 0.293 e. The Bertz CT molecular complexity index is 422. The maximum atomic E-state index is 10.7. The van der Waals surface area contributed by atoms with Crippen molar-refractivity contribution in [3.63, 3.8) is 0 Å². The summed E-state index contributed by atoms with van der Waals surface area (Å²) >= 11 is 5.83. The minimum absolute atomic E-state index is 0.0340. The summed E-state index contributed by atoms with van der Waals surface area (Å²) in [6.45, 7) is -0.155. The van der Waals surface area contributed by atoms with E-state index in [1.165, 1.54) is 12.1 Å². The van der Waals surface area contributed by atoms with Gasteiger partial charge in [0.25, 0.3) is 5.69 Å². The number of anilines is 1. The van der Waals surface area contributed by atoms with Crippen LogP contribution >= 0.6 is 11.6 Å². The van der Waals surface area contributed by atoms with Crippen molar-refractivity contribution in [1.82, 2.24) is 0 Å². The Morgan fingerprint density at radius 3 is 2.75 bits per heavy atom. The van der Waals surface area contributed by atoms with Crippen LogP contribution in [0.15, 0.2) is 12.1 Å². The second-order valence-electron chi connectivity index (χ2n) is 2.95. The molecule has 16 heavy (non-hydrogen) atoms. The number of aliphatic hydroxyl groups excluding tert-OH is 1. The lowest BCUT2D eigenvalue weighted by Crippen LogP contribution is -2.02. The Kier molecular flexibility index (Phi) is 4.21. The Balaban J connectivity index is 3.24. The Labute approximate surface area is 96.0 Å². The molecule has 0 heterocycles. The highest BCUT2D eigenvalue weighted by Gasteiger charge is 2.16. The molecule has 7 heteroatoms. The van der Waals surface area contributed by atoms with E-state index in [-0.39, 0.29) is 29.4 Å². The van der Waals surface area contributed by atoms with Gasteiger partial charge in [0.05, 0.1) is 4.92 Å². The van der Waals surface area contributed by atoms with E-state index in [0.29, 0.717) is 12.0 Å². The quantitative estimate of drug-likeness (QED) is 0.465. The van der Waals surface area contributed by atoms with Gasteiger partial charge in [-0.15, -0.1) is 0 Å². The van der Waals surface area contributed by atoms with Crippen LogP contribution in [0.5, 0.6) is 0 Å². The van der Waals surface area contributed by atoms with Crippen molar-refractivity contribution < 1.29 is 14.8 Å². The zero-order valence-electron chi connectivity index (χ0n) is 8.14. The average molecular weight is 245 g/mol. The number of nitrogens with zero attached hydrogens (tertiary/aromatic N) is 1. The minimum atomic E-state index is -0.622. The van der Waals surface area contributed by atoms with Gasteiger partial charge in [-0.3, -0.25) is 14.9 Å². The molecule has 6 nitrogen and oxygen atoms in total. The summed E-state index contributed by atoms with van der Waals surface area (Å²) in [4.78, 5) is 20.3. The fourth-order valence-corrected chi connectivity index (χ4v) is 1.51. The van der Waals surface area contributed by atoms with Gasteiger partial charge in [-0.2, -0.15) is 0 Å². The van der Waals surface area contributed by atoms with Crippen LogP contribution in [0.4, 0.5) is 11.4 Å². The number of benzene rings is 1. The first kappa shape index (κ1) is 12.4. The van der Waals surface area contributed by atoms with Crippen LogP contribution in [-0.2, 0) is 11.2 Å². The summed E-state index contributed by atoms with van der Waals surface area (Å²) in [6.07, 6.45) is 0.561. The van der Waals surface area contributed by atoms with E-state index in [0.717, 1.165) is 0 Å². The van der Waals surface area contributed by atoms with Crippen LogP contribution in [0.1, 0.15) is 5.56 Å². The number of nitro benzene ring substituents is 1. The van der Waals surface area contributed by atoms with Crippen molar-refractivity contribution in [3.8, 4) is 0 Å². The predicted molar refractivity (Wildman–Crippen MR) is 58.6 cm³/mol. The van der Waals surface area contributed by atoms with Gasteiger partial charge in [-0.1, -0.05) is 11.6 Å². The van der Waals surface area contributed by atoms with Crippen molar-refractivity contribution in [2.24, 2.45) is 0 Å². The van der Waals surface area contributed by atoms with Gasteiger partial charge in [-0.25, -0.2) is 0 Å². The van der Waals surface area contributed by atoms with Gasteiger partial charge >= 0.3 is 0 Å². The van der Waals surface area contributed by atoms with Gasteiger partial charge in [-0.05, 0) is 18.1 Å². The number of carbonyl (C=O) groups excluding carboxylic acids is 1.